The molecule has 7 heteroatoms. The first-order chi connectivity index (χ1) is 13.7. The molecule has 2 aromatic carbocycles. The molecule has 0 saturated heterocycles. The zero-order valence-corrected chi connectivity index (χ0v) is 17.9. The minimum atomic E-state index is -0.739. The normalized spacial score (nSPS) is 10.7. The van der Waals surface area contributed by atoms with Gasteiger partial charge in [0.2, 0.25) is 0 Å². The minimum absolute atomic E-state index is 0.00946. The molecule has 0 aliphatic heterocycles. The first-order valence-corrected chi connectivity index (χ1v) is 9.98. The van der Waals surface area contributed by atoms with Crippen molar-refractivity contribution in [2.24, 2.45) is 0 Å². The molecule has 1 aromatic heterocycles. The van der Waals surface area contributed by atoms with Crippen molar-refractivity contribution in [3.05, 3.63) is 74.4 Å². The van der Waals surface area contributed by atoms with E-state index >= 15 is 0 Å². The first kappa shape index (κ1) is 21.0. The smallest absolute Gasteiger partial charge is 0.341 e. The summed E-state index contributed by atoms with van der Waals surface area (Å²) < 4.78 is 19.1. The van der Waals surface area contributed by atoms with Crippen LogP contribution in [-0.2, 0) is 4.74 Å². The summed E-state index contributed by atoms with van der Waals surface area (Å²) in [5.41, 5.74) is 3.69. The number of aryl methyl sites for hydroxylation is 3. The van der Waals surface area contributed by atoms with E-state index in [-0.39, 0.29) is 21.2 Å². The zero-order valence-electron chi connectivity index (χ0n) is 16.4. The summed E-state index contributed by atoms with van der Waals surface area (Å²) >= 11 is 7.22. The second-order valence-corrected chi connectivity index (χ2v) is 8.21. The standard InChI is InChI=1S/C22H19ClFNO3S/c1-11-8-9-14(10-12(11)2)17-13(3)29-21(19(17)22(27)28-4)25-20(26)18-15(23)6-5-7-16(18)24/h5-10H,1-4H3,(H,25,26). The van der Waals surface area contributed by atoms with Gasteiger partial charge in [0.1, 0.15) is 16.4 Å². The number of rotatable bonds is 4. The number of ether oxygens (including phenoxy) is 1. The molecule has 0 spiro atoms. The average Bonchev–Trinajstić information content (AvgIpc) is 2.98. The highest BCUT2D eigenvalue weighted by Crippen LogP contribution is 2.41. The van der Waals surface area contributed by atoms with Gasteiger partial charge in [0.05, 0.1) is 17.7 Å². The van der Waals surface area contributed by atoms with Gasteiger partial charge in [0.15, 0.2) is 0 Å². The minimum Gasteiger partial charge on any atom is -0.465 e. The fraction of sp³-hybridized carbons (Fsp3) is 0.182. The highest BCUT2D eigenvalue weighted by molar-refractivity contribution is 7.17. The highest BCUT2D eigenvalue weighted by Gasteiger charge is 2.26. The van der Waals surface area contributed by atoms with Gasteiger partial charge in [-0.05, 0) is 49.6 Å². The molecule has 1 heterocycles. The number of esters is 1. The maximum atomic E-state index is 14.1. The number of hydrogen-bond donors (Lipinski definition) is 1. The first-order valence-electron chi connectivity index (χ1n) is 8.79. The molecular weight excluding hydrogens is 413 g/mol. The molecule has 4 nitrogen and oxygen atoms in total. The van der Waals surface area contributed by atoms with E-state index in [4.69, 9.17) is 16.3 Å². The lowest BCUT2D eigenvalue weighted by Crippen LogP contribution is -2.16. The van der Waals surface area contributed by atoms with Crippen molar-refractivity contribution >= 4 is 39.8 Å². The Kier molecular flexibility index (Phi) is 6.05. The van der Waals surface area contributed by atoms with Crippen LogP contribution in [0.4, 0.5) is 9.39 Å². The van der Waals surface area contributed by atoms with Crippen LogP contribution in [0.5, 0.6) is 0 Å². The van der Waals surface area contributed by atoms with Gasteiger partial charge in [-0.3, -0.25) is 4.79 Å². The summed E-state index contributed by atoms with van der Waals surface area (Å²) in [4.78, 5) is 26.1. The number of amides is 1. The Balaban J connectivity index is 2.11. The summed E-state index contributed by atoms with van der Waals surface area (Å²) in [6.07, 6.45) is 0. The predicted octanol–water partition coefficient (Wildman–Crippen LogP) is 6.17. The molecule has 0 saturated carbocycles. The Morgan fingerprint density at radius 2 is 1.79 bits per heavy atom. The van der Waals surface area contributed by atoms with Crippen molar-refractivity contribution in [2.45, 2.75) is 20.8 Å². The number of methoxy groups -OCH3 is 1. The zero-order chi connectivity index (χ0) is 21.3. The molecule has 1 amide bonds. The highest BCUT2D eigenvalue weighted by atomic mass is 35.5. The van der Waals surface area contributed by atoms with Gasteiger partial charge in [-0.25, -0.2) is 9.18 Å². The molecule has 0 radical (unpaired) electrons. The average molecular weight is 432 g/mol. The van der Waals surface area contributed by atoms with E-state index in [0.717, 1.165) is 27.6 Å². The molecule has 0 fully saturated rings. The van der Waals surface area contributed by atoms with E-state index in [1.54, 1.807) is 0 Å². The molecule has 0 unspecified atom stereocenters. The molecule has 0 bridgehead atoms. The molecule has 0 aliphatic rings. The number of thiophene rings is 1. The molecule has 1 N–H and O–H groups in total. The van der Waals surface area contributed by atoms with E-state index in [9.17, 15) is 14.0 Å². The lowest BCUT2D eigenvalue weighted by molar-refractivity contribution is 0.0603. The molecule has 0 atom stereocenters. The predicted molar refractivity (Wildman–Crippen MR) is 115 cm³/mol. The Labute approximate surface area is 177 Å². The Morgan fingerprint density at radius 1 is 1.07 bits per heavy atom. The summed E-state index contributed by atoms with van der Waals surface area (Å²) in [6, 6.07) is 9.88. The van der Waals surface area contributed by atoms with Gasteiger partial charge in [0.25, 0.3) is 5.91 Å². The van der Waals surface area contributed by atoms with Crippen molar-refractivity contribution in [1.29, 1.82) is 0 Å². The summed E-state index contributed by atoms with van der Waals surface area (Å²) in [6.45, 7) is 5.85. The topological polar surface area (TPSA) is 55.4 Å². The number of halogens is 2. The van der Waals surface area contributed by atoms with Crippen LogP contribution in [0.25, 0.3) is 11.1 Å². The lowest BCUT2D eigenvalue weighted by Gasteiger charge is -2.10. The van der Waals surface area contributed by atoms with Crippen molar-refractivity contribution in [3.63, 3.8) is 0 Å². The third-order valence-electron chi connectivity index (χ3n) is 4.69. The van der Waals surface area contributed by atoms with Gasteiger partial charge in [0, 0.05) is 10.4 Å². The van der Waals surface area contributed by atoms with E-state index in [0.29, 0.717) is 5.56 Å². The number of nitrogens with one attached hydrogen (secondary N) is 1. The summed E-state index contributed by atoms with van der Waals surface area (Å²) in [5, 5.41) is 2.91. The Morgan fingerprint density at radius 3 is 2.41 bits per heavy atom. The largest absolute Gasteiger partial charge is 0.465 e. The van der Waals surface area contributed by atoms with E-state index in [2.05, 4.69) is 5.32 Å². The van der Waals surface area contributed by atoms with E-state index in [1.165, 1.54) is 30.6 Å². The molecule has 150 valence electrons. The van der Waals surface area contributed by atoms with Gasteiger partial charge < -0.3 is 10.1 Å². The maximum absolute atomic E-state index is 14.1. The second kappa shape index (κ2) is 8.35. The summed E-state index contributed by atoms with van der Waals surface area (Å²) in [5.74, 6) is -2.05. The lowest BCUT2D eigenvalue weighted by atomic mass is 9.97. The van der Waals surface area contributed by atoms with Gasteiger partial charge in [-0.15, -0.1) is 11.3 Å². The van der Waals surface area contributed by atoms with Crippen molar-refractivity contribution in [2.75, 3.05) is 12.4 Å². The molecule has 3 rings (SSSR count). The summed E-state index contributed by atoms with van der Waals surface area (Å²) in [7, 11) is 1.28. The van der Waals surface area contributed by atoms with E-state index in [1.807, 2.05) is 39.0 Å². The Hall–Kier alpha value is -2.70. The van der Waals surface area contributed by atoms with Crippen LogP contribution >= 0.6 is 22.9 Å². The maximum Gasteiger partial charge on any atom is 0.341 e. The van der Waals surface area contributed by atoms with Crippen molar-refractivity contribution < 1.29 is 18.7 Å². The number of anilines is 1. The van der Waals surface area contributed by atoms with Crippen LogP contribution in [0.15, 0.2) is 36.4 Å². The monoisotopic (exact) mass is 431 g/mol. The number of carbonyl (C=O) groups excluding carboxylic acids is 2. The number of carbonyl (C=O) groups is 2. The van der Waals surface area contributed by atoms with Crippen LogP contribution in [-0.4, -0.2) is 19.0 Å². The SMILES string of the molecule is COC(=O)c1c(NC(=O)c2c(F)cccc2Cl)sc(C)c1-c1ccc(C)c(C)c1. The fourth-order valence-corrected chi connectivity index (χ4v) is 4.36. The van der Waals surface area contributed by atoms with Gasteiger partial charge in [-0.2, -0.15) is 0 Å². The van der Waals surface area contributed by atoms with Crippen LogP contribution in [0.3, 0.4) is 0 Å². The molecular formula is C22H19ClFNO3S. The van der Waals surface area contributed by atoms with Crippen LogP contribution in [0.1, 0.15) is 36.7 Å². The number of hydrogen-bond acceptors (Lipinski definition) is 4. The van der Waals surface area contributed by atoms with Crippen LogP contribution < -0.4 is 5.32 Å². The quantitative estimate of drug-likeness (QED) is 0.502. The van der Waals surface area contributed by atoms with E-state index < -0.39 is 17.7 Å². The second-order valence-electron chi connectivity index (χ2n) is 6.58. The Bertz CT molecular complexity index is 1100. The van der Waals surface area contributed by atoms with Gasteiger partial charge in [-0.1, -0.05) is 35.9 Å². The number of benzene rings is 2. The third kappa shape index (κ3) is 4.04. The molecule has 0 aliphatic carbocycles. The van der Waals surface area contributed by atoms with Crippen LogP contribution in [0.2, 0.25) is 5.02 Å². The van der Waals surface area contributed by atoms with Crippen molar-refractivity contribution in [1.82, 2.24) is 0 Å². The molecule has 3 aromatic rings. The van der Waals surface area contributed by atoms with Crippen molar-refractivity contribution in [3.8, 4) is 11.1 Å². The van der Waals surface area contributed by atoms with Crippen LogP contribution in [0, 0.1) is 26.6 Å². The third-order valence-corrected chi connectivity index (χ3v) is 6.02. The van der Waals surface area contributed by atoms with Gasteiger partial charge >= 0.3 is 5.97 Å². The fourth-order valence-electron chi connectivity index (χ4n) is 3.05. The molecule has 29 heavy (non-hydrogen) atoms.